The molecule has 1 spiro atoms. The van der Waals surface area contributed by atoms with Crippen LogP contribution >= 0.6 is 0 Å². The topological polar surface area (TPSA) is 36.4 Å². The Hall–Kier alpha value is -2.72. The van der Waals surface area contributed by atoms with Gasteiger partial charge < -0.3 is 4.90 Å². The van der Waals surface area contributed by atoms with Gasteiger partial charge in [0, 0.05) is 49.2 Å². The highest BCUT2D eigenvalue weighted by molar-refractivity contribution is 6.05. The van der Waals surface area contributed by atoms with Crippen LogP contribution in [0.4, 0.5) is 0 Å². The first-order chi connectivity index (χ1) is 15.7. The number of benzene rings is 2. The molecule has 2 saturated heterocycles. The van der Waals surface area contributed by atoms with Crippen molar-refractivity contribution < 1.29 is 4.79 Å². The summed E-state index contributed by atoms with van der Waals surface area (Å²) in [4.78, 5) is 23.5. The molecule has 6 rings (SSSR count). The zero-order valence-electron chi connectivity index (χ0n) is 18.6. The number of aromatic nitrogens is 1. The molecule has 1 amide bonds. The SMILES string of the molecule is O=C(c1nccc2ccccc12)N1CC2CN(Cc3ccccc3)CC2C12CCCCC2. The fourth-order valence-corrected chi connectivity index (χ4v) is 6.85. The summed E-state index contributed by atoms with van der Waals surface area (Å²) in [6.45, 7) is 4.09. The zero-order valence-corrected chi connectivity index (χ0v) is 18.6. The molecular formula is C28H31N3O. The fourth-order valence-electron chi connectivity index (χ4n) is 6.85. The predicted molar refractivity (Wildman–Crippen MR) is 127 cm³/mol. The van der Waals surface area contributed by atoms with Gasteiger partial charge in [-0.15, -0.1) is 0 Å². The van der Waals surface area contributed by atoms with Crippen LogP contribution in [0.2, 0.25) is 0 Å². The van der Waals surface area contributed by atoms with Gasteiger partial charge in [-0.2, -0.15) is 0 Å². The van der Waals surface area contributed by atoms with Crippen LogP contribution in [0.3, 0.4) is 0 Å². The highest BCUT2D eigenvalue weighted by atomic mass is 16.2. The van der Waals surface area contributed by atoms with E-state index in [2.05, 4.69) is 51.2 Å². The second kappa shape index (κ2) is 8.00. The summed E-state index contributed by atoms with van der Waals surface area (Å²) in [6.07, 6.45) is 7.83. The molecule has 164 valence electrons. The van der Waals surface area contributed by atoms with Gasteiger partial charge in [-0.3, -0.25) is 14.7 Å². The maximum Gasteiger partial charge on any atom is 0.273 e. The molecule has 2 aromatic carbocycles. The Labute approximate surface area is 190 Å². The van der Waals surface area contributed by atoms with E-state index in [9.17, 15) is 4.79 Å². The summed E-state index contributed by atoms with van der Waals surface area (Å²) in [6, 6.07) is 21.0. The summed E-state index contributed by atoms with van der Waals surface area (Å²) in [7, 11) is 0. The van der Waals surface area contributed by atoms with E-state index in [4.69, 9.17) is 0 Å². The molecule has 2 atom stereocenters. The van der Waals surface area contributed by atoms with E-state index >= 15 is 0 Å². The Kier molecular flexibility index (Phi) is 4.98. The average molecular weight is 426 g/mol. The highest BCUT2D eigenvalue weighted by Crippen LogP contribution is 2.51. The van der Waals surface area contributed by atoms with Crippen LogP contribution in [0.25, 0.3) is 10.8 Å². The molecule has 3 heterocycles. The van der Waals surface area contributed by atoms with E-state index in [1.165, 1.54) is 24.8 Å². The van der Waals surface area contributed by atoms with Gasteiger partial charge in [0.05, 0.1) is 0 Å². The number of hydrogen-bond acceptors (Lipinski definition) is 3. The molecule has 4 heteroatoms. The number of likely N-dealkylation sites (tertiary alicyclic amines) is 2. The molecule has 0 N–H and O–H groups in total. The molecule has 3 aliphatic rings. The number of hydrogen-bond donors (Lipinski definition) is 0. The van der Waals surface area contributed by atoms with E-state index in [0.29, 0.717) is 17.5 Å². The van der Waals surface area contributed by atoms with Gasteiger partial charge >= 0.3 is 0 Å². The zero-order chi connectivity index (χ0) is 21.5. The van der Waals surface area contributed by atoms with Gasteiger partial charge in [-0.25, -0.2) is 0 Å². The monoisotopic (exact) mass is 425 g/mol. The maximum absolute atomic E-state index is 14.0. The van der Waals surface area contributed by atoms with Crippen molar-refractivity contribution in [3.8, 4) is 0 Å². The Balaban J connectivity index is 1.31. The van der Waals surface area contributed by atoms with Crippen molar-refractivity contribution in [2.45, 2.75) is 44.2 Å². The van der Waals surface area contributed by atoms with Crippen LogP contribution < -0.4 is 0 Å². The molecule has 2 unspecified atom stereocenters. The minimum Gasteiger partial charge on any atom is -0.331 e. The molecule has 4 nitrogen and oxygen atoms in total. The van der Waals surface area contributed by atoms with Crippen LogP contribution in [-0.4, -0.2) is 45.9 Å². The van der Waals surface area contributed by atoms with Crippen LogP contribution in [-0.2, 0) is 6.54 Å². The van der Waals surface area contributed by atoms with Gasteiger partial charge in [0.2, 0.25) is 0 Å². The van der Waals surface area contributed by atoms with Crippen molar-refractivity contribution in [1.29, 1.82) is 0 Å². The first-order valence-corrected chi connectivity index (χ1v) is 12.2. The van der Waals surface area contributed by atoms with Crippen molar-refractivity contribution in [2.75, 3.05) is 19.6 Å². The number of pyridine rings is 1. The molecular weight excluding hydrogens is 394 g/mol. The number of carbonyl (C=O) groups is 1. The minimum absolute atomic E-state index is 0.00403. The molecule has 3 aromatic rings. The lowest BCUT2D eigenvalue weighted by Gasteiger charge is -2.45. The summed E-state index contributed by atoms with van der Waals surface area (Å²) in [5.41, 5.74) is 2.02. The third-order valence-electron chi connectivity index (χ3n) is 8.25. The van der Waals surface area contributed by atoms with Gasteiger partial charge in [0.25, 0.3) is 5.91 Å². The molecule has 1 aliphatic carbocycles. The van der Waals surface area contributed by atoms with E-state index in [0.717, 1.165) is 49.8 Å². The van der Waals surface area contributed by atoms with Crippen molar-refractivity contribution >= 4 is 16.7 Å². The van der Waals surface area contributed by atoms with Crippen molar-refractivity contribution in [2.24, 2.45) is 11.8 Å². The van der Waals surface area contributed by atoms with Crippen molar-refractivity contribution in [3.63, 3.8) is 0 Å². The quantitative estimate of drug-likeness (QED) is 0.583. The number of carbonyl (C=O) groups excluding carboxylic acids is 1. The Morgan fingerprint density at radius 1 is 0.906 bits per heavy atom. The number of fused-ring (bicyclic) bond motifs is 3. The molecule has 1 saturated carbocycles. The predicted octanol–water partition coefficient (Wildman–Crippen LogP) is 5.14. The smallest absolute Gasteiger partial charge is 0.273 e. The Bertz CT molecular complexity index is 1120. The third-order valence-corrected chi connectivity index (χ3v) is 8.25. The Morgan fingerprint density at radius 2 is 1.69 bits per heavy atom. The molecule has 0 bridgehead atoms. The first-order valence-electron chi connectivity index (χ1n) is 12.2. The van der Waals surface area contributed by atoms with Gasteiger partial charge in [0.1, 0.15) is 5.69 Å². The minimum atomic E-state index is 0.00403. The first kappa shape index (κ1) is 19.9. The summed E-state index contributed by atoms with van der Waals surface area (Å²) < 4.78 is 0. The van der Waals surface area contributed by atoms with Gasteiger partial charge in [-0.05, 0) is 35.8 Å². The number of rotatable bonds is 3. The normalized spacial score (nSPS) is 24.8. The van der Waals surface area contributed by atoms with Crippen LogP contribution in [0.5, 0.6) is 0 Å². The summed E-state index contributed by atoms with van der Waals surface area (Å²) in [5, 5.41) is 2.07. The van der Waals surface area contributed by atoms with Gasteiger partial charge in [0.15, 0.2) is 0 Å². The van der Waals surface area contributed by atoms with Gasteiger partial charge in [-0.1, -0.05) is 73.9 Å². The second-order valence-electron chi connectivity index (χ2n) is 10.0. The number of amides is 1. The number of nitrogens with zero attached hydrogens (tertiary/aromatic N) is 3. The molecule has 32 heavy (non-hydrogen) atoms. The standard InChI is InChI=1S/C28H31N3O/c32-27(26-24-12-6-5-11-22(24)13-16-29-26)31-19-23-18-30(17-21-9-3-1-4-10-21)20-25(23)28(31)14-7-2-8-15-28/h1,3-6,9-13,16,23,25H,2,7-8,14-15,17-20H2. The lowest BCUT2D eigenvalue weighted by Crippen LogP contribution is -2.53. The average Bonchev–Trinajstić information content (AvgIpc) is 3.37. The largest absolute Gasteiger partial charge is 0.331 e. The van der Waals surface area contributed by atoms with E-state index < -0.39 is 0 Å². The van der Waals surface area contributed by atoms with Crippen molar-refractivity contribution in [1.82, 2.24) is 14.8 Å². The Morgan fingerprint density at radius 3 is 2.53 bits per heavy atom. The third kappa shape index (κ3) is 3.24. The van der Waals surface area contributed by atoms with Crippen LogP contribution in [0.1, 0.15) is 48.2 Å². The highest BCUT2D eigenvalue weighted by Gasteiger charge is 2.58. The molecule has 1 aromatic heterocycles. The fraction of sp³-hybridized carbons (Fsp3) is 0.429. The summed E-state index contributed by atoms with van der Waals surface area (Å²) >= 11 is 0. The van der Waals surface area contributed by atoms with E-state index in [-0.39, 0.29) is 11.4 Å². The van der Waals surface area contributed by atoms with Crippen LogP contribution in [0.15, 0.2) is 66.9 Å². The second-order valence-corrected chi connectivity index (χ2v) is 10.0. The molecule has 2 aliphatic heterocycles. The van der Waals surface area contributed by atoms with E-state index in [1.807, 2.05) is 24.3 Å². The lowest BCUT2D eigenvalue weighted by molar-refractivity contribution is 0.0343. The van der Waals surface area contributed by atoms with E-state index in [1.54, 1.807) is 6.20 Å². The van der Waals surface area contributed by atoms with Crippen molar-refractivity contribution in [3.05, 3.63) is 78.1 Å². The lowest BCUT2D eigenvalue weighted by atomic mass is 9.71. The molecule has 0 radical (unpaired) electrons. The molecule has 3 fully saturated rings. The summed E-state index contributed by atoms with van der Waals surface area (Å²) in [5.74, 6) is 1.29. The van der Waals surface area contributed by atoms with Crippen LogP contribution in [0, 0.1) is 11.8 Å². The maximum atomic E-state index is 14.0.